The van der Waals surface area contributed by atoms with Crippen molar-refractivity contribution in [3.05, 3.63) is 35.6 Å². The van der Waals surface area contributed by atoms with E-state index in [1.807, 2.05) is 6.07 Å². The number of aliphatic carboxylic acids is 1. The van der Waals surface area contributed by atoms with Gasteiger partial charge in [0.15, 0.2) is 0 Å². The zero-order valence-corrected chi connectivity index (χ0v) is 16.2. The highest BCUT2D eigenvalue weighted by Crippen LogP contribution is 2.41. The van der Waals surface area contributed by atoms with E-state index in [4.69, 9.17) is 0 Å². The van der Waals surface area contributed by atoms with Crippen molar-refractivity contribution in [2.24, 2.45) is 11.8 Å². The second-order valence-electron chi connectivity index (χ2n) is 8.65. The maximum atomic E-state index is 13.5. The van der Waals surface area contributed by atoms with Crippen LogP contribution in [0.2, 0.25) is 0 Å². The second kappa shape index (κ2) is 8.19. The lowest BCUT2D eigenvalue weighted by molar-refractivity contribution is -0.152. The van der Waals surface area contributed by atoms with Gasteiger partial charge in [0.05, 0.1) is 5.92 Å². The lowest BCUT2D eigenvalue weighted by atomic mass is 9.84. The molecular weight excluding hydrogens is 359 g/mol. The summed E-state index contributed by atoms with van der Waals surface area (Å²) in [7, 11) is 0. The molecule has 0 spiro atoms. The minimum Gasteiger partial charge on any atom is -0.480 e. The lowest BCUT2D eigenvalue weighted by Gasteiger charge is -2.38. The molecule has 4 unspecified atom stereocenters. The lowest BCUT2D eigenvalue weighted by Crippen LogP contribution is -2.51. The van der Waals surface area contributed by atoms with Gasteiger partial charge in [-0.15, -0.1) is 0 Å². The summed E-state index contributed by atoms with van der Waals surface area (Å²) < 4.78 is 13.5. The molecule has 0 aromatic heterocycles. The predicted octanol–water partition coefficient (Wildman–Crippen LogP) is 3.28. The Hall–Kier alpha value is -1.95. The van der Waals surface area contributed by atoms with Gasteiger partial charge < -0.3 is 10.0 Å². The van der Waals surface area contributed by atoms with E-state index >= 15 is 0 Å². The molecule has 28 heavy (non-hydrogen) atoms. The van der Waals surface area contributed by atoms with Crippen LogP contribution in [0.4, 0.5) is 4.39 Å². The van der Waals surface area contributed by atoms with E-state index in [1.165, 1.54) is 6.07 Å². The normalized spacial score (nSPS) is 30.8. The highest BCUT2D eigenvalue weighted by molar-refractivity contribution is 5.86. The standard InChI is InChI=1S/C22H29FN2O3/c23-18-8-3-5-15(11-18)13-24-10-4-7-17(14-24)21(26)25-19-9-2-1-6-16(19)12-20(25)22(27)28/h3,5,8,11,16-17,19-20H,1-2,4,6-7,9-10,12-14H2,(H,27,28). The Morgan fingerprint density at radius 1 is 1.14 bits per heavy atom. The molecule has 152 valence electrons. The molecule has 1 N–H and O–H groups in total. The zero-order chi connectivity index (χ0) is 19.7. The fraction of sp³-hybridized carbons (Fsp3) is 0.636. The Bertz CT molecular complexity index is 740. The molecule has 1 saturated carbocycles. The van der Waals surface area contributed by atoms with E-state index < -0.39 is 12.0 Å². The number of nitrogens with zero attached hydrogens (tertiary/aromatic N) is 2. The van der Waals surface area contributed by atoms with Crippen molar-refractivity contribution in [1.29, 1.82) is 0 Å². The number of rotatable bonds is 4. The van der Waals surface area contributed by atoms with Crippen molar-refractivity contribution < 1.29 is 19.1 Å². The highest BCUT2D eigenvalue weighted by Gasteiger charge is 2.49. The van der Waals surface area contributed by atoms with Crippen LogP contribution in [0.1, 0.15) is 50.5 Å². The minimum absolute atomic E-state index is 0.0192. The number of amides is 1. The van der Waals surface area contributed by atoms with Gasteiger partial charge >= 0.3 is 5.97 Å². The van der Waals surface area contributed by atoms with Crippen molar-refractivity contribution >= 4 is 11.9 Å². The molecule has 3 fully saturated rings. The first kappa shape index (κ1) is 19.4. The third kappa shape index (κ3) is 3.93. The van der Waals surface area contributed by atoms with E-state index in [2.05, 4.69) is 4.90 Å². The maximum Gasteiger partial charge on any atom is 0.326 e. The number of carboxylic acid groups (broad SMARTS) is 1. The summed E-state index contributed by atoms with van der Waals surface area (Å²) in [6.07, 6.45) is 6.50. The number of benzene rings is 1. The van der Waals surface area contributed by atoms with Crippen molar-refractivity contribution in [2.45, 2.75) is 63.6 Å². The third-order valence-electron chi connectivity index (χ3n) is 6.78. The van der Waals surface area contributed by atoms with Crippen LogP contribution in [-0.2, 0) is 16.1 Å². The number of halogens is 1. The molecule has 2 heterocycles. The molecule has 5 nitrogen and oxygen atoms in total. The topological polar surface area (TPSA) is 60.9 Å². The average molecular weight is 388 g/mol. The Labute approximate surface area is 165 Å². The van der Waals surface area contributed by atoms with Gasteiger partial charge in [-0.2, -0.15) is 0 Å². The van der Waals surface area contributed by atoms with Crippen LogP contribution in [0.3, 0.4) is 0 Å². The molecule has 4 atom stereocenters. The van der Waals surface area contributed by atoms with Gasteiger partial charge in [0.25, 0.3) is 0 Å². The number of carboxylic acids is 1. The van der Waals surface area contributed by atoms with Crippen LogP contribution in [0.25, 0.3) is 0 Å². The van der Waals surface area contributed by atoms with Crippen LogP contribution < -0.4 is 0 Å². The minimum atomic E-state index is -0.866. The van der Waals surface area contributed by atoms with Gasteiger partial charge in [0, 0.05) is 19.1 Å². The fourth-order valence-corrected chi connectivity index (χ4v) is 5.50. The summed E-state index contributed by atoms with van der Waals surface area (Å²) in [5, 5.41) is 9.71. The summed E-state index contributed by atoms with van der Waals surface area (Å²) in [5.41, 5.74) is 0.907. The Morgan fingerprint density at radius 2 is 1.96 bits per heavy atom. The van der Waals surface area contributed by atoms with Gasteiger partial charge in [-0.1, -0.05) is 25.0 Å². The van der Waals surface area contributed by atoms with Gasteiger partial charge in [0.2, 0.25) is 5.91 Å². The number of fused-ring (bicyclic) bond motifs is 1. The van der Waals surface area contributed by atoms with Crippen molar-refractivity contribution in [3.63, 3.8) is 0 Å². The summed E-state index contributed by atoms with van der Waals surface area (Å²) in [5.74, 6) is -0.914. The number of hydrogen-bond donors (Lipinski definition) is 1. The summed E-state index contributed by atoms with van der Waals surface area (Å²) in [4.78, 5) is 29.2. The SMILES string of the molecule is O=C(O)C1CC2CCCCC2N1C(=O)C1CCCN(Cc2cccc(F)c2)C1. The van der Waals surface area contributed by atoms with E-state index in [0.29, 0.717) is 25.4 Å². The fourth-order valence-electron chi connectivity index (χ4n) is 5.50. The molecule has 1 aliphatic carbocycles. The van der Waals surface area contributed by atoms with Crippen LogP contribution >= 0.6 is 0 Å². The molecule has 0 bridgehead atoms. The average Bonchev–Trinajstić information content (AvgIpc) is 3.07. The monoisotopic (exact) mass is 388 g/mol. The number of carbonyl (C=O) groups excluding carboxylic acids is 1. The highest BCUT2D eigenvalue weighted by atomic mass is 19.1. The van der Waals surface area contributed by atoms with Gasteiger partial charge in [-0.25, -0.2) is 9.18 Å². The second-order valence-corrected chi connectivity index (χ2v) is 8.65. The zero-order valence-electron chi connectivity index (χ0n) is 16.2. The Morgan fingerprint density at radius 3 is 2.75 bits per heavy atom. The molecule has 2 saturated heterocycles. The molecule has 1 amide bonds. The Balaban J connectivity index is 1.46. The van der Waals surface area contributed by atoms with Crippen LogP contribution in [-0.4, -0.2) is 52.0 Å². The first-order chi connectivity index (χ1) is 13.5. The molecule has 3 aliphatic rings. The van der Waals surface area contributed by atoms with E-state index in [0.717, 1.165) is 50.6 Å². The first-order valence-electron chi connectivity index (χ1n) is 10.5. The summed E-state index contributed by atoms with van der Waals surface area (Å²) in [6, 6.07) is 6.02. The molecule has 1 aromatic carbocycles. The van der Waals surface area contributed by atoms with Crippen LogP contribution in [0.15, 0.2) is 24.3 Å². The van der Waals surface area contributed by atoms with Gasteiger partial charge in [0.1, 0.15) is 11.9 Å². The molecule has 2 aliphatic heterocycles. The first-order valence-corrected chi connectivity index (χ1v) is 10.5. The number of piperidine rings is 1. The quantitative estimate of drug-likeness (QED) is 0.860. The molecule has 6 heteroatoms. The number of likely N-dealkylation sites (tertiary alicyclic amines) is 2. The van der Waals surface area contributed by atoms with Crippen LogP contribution in [0, 0.1) is 17.7 Å². The Kier molecular flexibility index (Phi) is 5.67. The molecular formula is C22H29FN2O3. The van der Waals surface area contributed by atoms with Crippen LogP contribution in [0.5, 0.6) is 0 Å². The van der Waals surface area contributed by atoms with E-state index in [-0.39, 0.29) is 23.7 Å². The van der Waals surface area contributed by atoms with Gasteiger partial charge in [-0.05, 0) is 62.3 Å². The largest absolute Gasteiger partial charge is 0.480 e. The smallest absolute Gasteiger partial charge is 0.326 e. The number of carbonyl (C=O) groups is 2. The van der Waals surface area contributed by atoms with Crippen molar-refractivity contribution in [1.82, 2.24) is 9.80 Å². The molecule has 0 radical (unpaired) electrons. The molecule has 4 rings (SSSR count). The maximum absolute atomic E-state index is 13.5. The van der Waals surface area contributed by atoms with E-state index in [1.54, 1.807) is 17.0 Å². The molecule has 1 aromatic rings. The van der Waals surface area contributed by atoms with Crippen molar-refractivity contribution in [3.8, 4) is 0 Å². The van der Waals surface area contributed by atoms with Gasteiger partial charge in [-0.3, -0.25) is 9.69 Å². The summed E-state index contributed by atoms with van der Waals surface area (Å²) >= 11 is 0. The van der Waals surface area contributed by atoms with Crippen molar-refractivity contribution in [2.75, 3.05) is 13.1 Å². The number of hydrogen-bond acceptors (Lipinski definition) is 3. The summed E-state index contributed by atoms with van der Waals surface area (Å²) in [6.45, 7) is 2.13. The predicted molar refractivity (Wildman–Crippen MR) is 103 cm³/mol. The van der Waals surface area contributed by atoms with E-state index in [9.17, 15) is 19.1 Å². The third-order valence-corrected chi connectivity index (χ3v) is 6.78.